The lowest BCUT2D eigenvalue weighted by molar-refractivity contribution is 0.0697. The summed E-state index contributed by atoms with van der Waals surface area (Å²) in [5.41, 5.74) is 0.382. The molecule has 88 valence electrons. The SMILES string of the molecule is Cc1nnc(Nc2cc(C(=O)O)ccc2O)s1. The molecule has 2 rings (SSSR count). The van der Waals surface area contributed by atoms with Crippen molar-refractivity contribution in [1.29, 1.82) is 0 Å². The number of aromatic hydroxyl groups is 1. The molecule has 1 aromatic heterocycles. The molecule has 0 aliphatic rings. The van der Waals surface area contributed by atoms with Crippen LogP contribution in [0.2, 0.25) is 0 Å². The van der Waals surface area contributed by atoms with Gasteiger partial charge in [-0.25, -0.2) is 4.79 Å². The zero-order chi connectivity index (χ0) is 12.4. The summed E-state index contributed by atoms with van der Waals surface area (Å²) in [6.07, 6.45) is 0. The second kappa shape index (κ2) is 4.38. The first-order valence-corrected chi connectivity index (χ1v) is 5.51. The van der Waals surface area contributed by atoms with Crippen molar-refractivity contribution in [3.63, 3.8) is 0 Å². The molecule has 0 aliphatic carbocycles. The number of hydrogen-bond donors (Lipinski definition) is 3. The van der Waals surface area contributed by atoms with E-state index in [9.17, 15) is 9.90 Å². The average molecular weight is 251 g/mol. The Morgan fingerprint density at radius 1 is 1.41 bits per heavy atom. The molecule has 0 fully saturated rings. The van der Waals surface area contributed by atoms with Crippen molar-refractivity contribution < 1.29 is 15.0 Å². The number of carboxylic acid groups (broad SMARTS) is 1. The third-order valence-corrected chi connectivity index (χ3v) is 2.77. The number of phenols is 1. The van der Waals surface area contributed by atoms with Gasteiger partial charge in [0, 0.05) is 0 Å². The van der Waals surface area contributed by atoms with Gasteiger partial charge in [-0.05, 0) is 25.1 Å². The van der Waals surface area contributed by atoms with Gasteiger partial charge < -0.3 is 15.5 Å². The van der Waals surface area contributed by atoms with Gasteiger partial charge in [0.05, 0.1) is 11.3 Å². The highest BCUT2D eigenvalue weighted by Gasteiger charge is 2.09. The first kappa shape index (κ1) is 11.3. The number of nitrogens with zero attached hydrogens (tertiary/aromatic N) is 2. The maximum Gasteiger partial charge on any atom is 0.335 e. The number of nitrogens with one attached hydrogen (secondary N) is 1. The minimum absolute atomic E-state index is 0.0390. The van der Waals surface area contributed by atoms with Crippen molar-refractivity contribution in [3.8, 4) is 5.75 Å². The minimum Gasteiger partial charge on any atom is -0.506 e. The van der Waals surface area contributed by atoms with Gasteiger partial charge in [-0.3, -0.25) is 0 Å². The van der Waals surface area contributed by atoms with Crippen LogP contribution in [0.5, 0.6) is 5.75 Å². The number of aromatic carboxylic acids is 1. The normalized spacial score (nSPS) is 10.2. The van der Waals surface area contributed by atoms with Crippen LogP contribution in [0, 0.1) is 6.92 Å². The second-order valence-electron chi connectivity index (χ2n) is 3.29. The van der Waals surface area contributed by atoms with Crippen LogP contribution in [-0.4, -0.2) is 26.4 Å². The third-order valence-electron chi connectivity index (χ3n) is 2.01. The topological polar surface area (TPSA) is 95.3 Å². The Balaban J connectivity index is 2.31. The molecule has 0 radical (unpaired) electrons. The highest BCUT2D eigenvalue weighted by atomic mass is 32.1. The van der Waals surface area contributed by atoms with E-state index < -0.39 is 5.97 Å². The predicted octanol–water partition coefficient (Wildman–Crippen LogP) is 1.99. The average Bonchev–Trinajstić information content (AvgIpc) is 2.67. The molecular formula is C10H9N3O3S. The van der Waals surface area contributed by atoms with E-state index >= 15 is 0 Å². The van der Waals surface area contributed by atoms with Crippen LogP contribution in [0.1, 0.15) is 15.4 Å². The van der Waals surface area contributed by atoms with E-state index in [1.807, 2.05) is 0 Å². The minimum atomic E-state index is -1.05. The van der Waals surface area contributed by atoms with Gasteiger partial charge in [-0.2, -0.15) is 0 Å². The Hall–Kier alpha value is -2.15. The van der Waals surface area contributed by atoms with Gasteiger partial charge in [0.2, 0.25) is 5.13 Å². The number of phenolic OH excluding ortho intramolecular Hbond substituents is 1. The van der Waals surface area contributed by atoms with Gasteiger partial charge in [0.15, 0.2) is 0 Å². The molecule has 1 aromatic carbocycles. The zero-order valence-electron chi connectivity index (χ0n) is 8.84. The fraction of sp³-hybridized carbons (Fsp3) is 0.100. The van der Waals surface area contributed by atoms with E-state index in [1.165, 1.54) is 29.5 Å². The molecule has 7 heteroatoms. The van der Waals surface area contributed by atoms with Crippen LogP contribution in [0.25, 0.3) is 0 Å². The van der Waals surface area contributed by atoms with E-state index in [1.54, 1.807) is 6.92 Å². The molecule has 0 unspecified atom stereocenters. The number of rotatable bonds is 3. The quantitative estimate of drug-likeness (QED) is 0.722. The van der Waals surface area contributed by atoms with E-state index in [-0.39, 0.29) is 11.3 Å². The fourth-order valence-electron chi connectivity index (χ4n) is 1.23. The zero-order valence-corrected chi connectivity index (χ0v) is 9.65. The molecule has 0 saturated heterocycles. The number of aryl methyl sites for hydroxylation is 1. The Morgan fingerprint density at radius 2 is 2.18 bits per heavy atom. The van der Waals surface area contributed by atoms with Crippen LogP contribution in [0.15, 0.2) is 18.2 Å². The summed E-state index contributed by atoms with van der Waals surface area (Å²) in [4.78, 5) is 10.8. The molecule has 1 heterocycles. The van der Waals surface area contributed by atoms with Crippen LogP contribution < -0.4 is 5.32 Å². The molecule has 0 aliphatic heterocycles. The molecule has 2 aromatic rings. The smallest absolute Gasteiger partial charge is 0.335 e. The van der Waals surface area contributed by atoms with Gasteiger partial charge in [-0.15, -0.1) is 10.2 Å². The van der Waals surface area contributed by atoms with Crippen molar-refractivity contribution >= 4 is 28.1 Å². The summed E-state index contributed by atoms with van der Waals surface area (Å²) in [7, 11) is 0. The highest BCUT2D eigenvalue weighted by Crippen LogP contribution is 2.28. The third kappa shape index (κ3) is 2.51. The maximum atomic E-state index is 10.8. The van der Waals surface area contributed by atoms with E-state index in [4.69, 9.17) is 5.11 Å². The number of carbonyl (C=O) groups is 1. The monoisotopic (exact) mass is 251 g/mol. The molecule has 17 heavy (non-hydrogen) atoms. The Kier molecular flexibility index (Phi) is 2.92. The largest absolute Gasteiger partial charge is 0.506 e. The number of aromatic nitrogens is 2. The molecule has 3 N–H and O–H groups in total. The van der Waals surface area contributed by atoms with E-state index in [0.29, 0.717) is 10.8 Å². The number of anilines is 2. The summed E-state index contributed by atoms with van der Waals surface area (Å²) in [5.74, 6) is -1.09. The lowest BCUT2D eigenvalue weighted by Crippen LogP contribution is -1.98. The van der Waals surface area contributed by atoms with Crippen LogP contribution >= 0.6 is 11.3 Å². The summed E-state index contributed by atoms with van der Waals surface area (Å²) < 4.78 is 0. The van der Waals surface area contributed by atoms with Gasteiger partial charge >= 0.3 is 5.97 Å². The van der Waals surface area contributed by atoms with Crippen molar-refractivity contribution in [2.24, 2.45) is 0 Å². The molecule has 0 atom stereocenters. The Morgan fingerprint density at radius 3 is 2.76 bits per heavy atom. The van der Waals surface area contributed by atoms with Crippen LogP contribution in [-0.2, 0) is 0 Å². The van der Waals surface area contributed by atoms with E-state index in [0.717, 1.165) is 5.01 Å². The molecule has 0 spiro atoms. The van der Waals surface area contributed by atoms with Gasteiger partial charge in [0.1, 0.15) is 10.8 Å². The highest BCUT2D eigenvalue weighted by molar-refractivity contribution is 7.15. The first-order chi connectivity index (χ1) is 8.06. The summed E-state index contributed by atoms with van der Waals surface area (Å²) in [5, 5.41) is 30.2. The molecule has 6 nitrogen and oxygen atoms in total. The Bertz CT molecular complexity index is 568. The van der Waals surface area contributed by atoms with Crippen LogP contribution in [0.4, 0.5) is 10.8 Å². The van der Waals surface area contributed by atoms with Crippen molar-refractivity contribution in [2.45, 2.75) is 6.92 Å². The number of carboxylic acids is 1. The molecule has 0 saturated carbocycles. The second-order valence-corrected chi connectivity index (χ2v) is 4.47. The standard InChI is InChI=1S/C10H9N3O3S/c1-5-12-13-10(17-5)11-7-4-6(9(15)16)2-3-8(7)14/h2-4,14H,1H3,(H,11,13)(H,15,16). The molecule has 0 amide bonds. The maximum absolute atomic E-state index is 10.8. The summed E-state index contributed by atoms with van der Waals surface area (Å²) in [6.45, 7) is 1.80. The summed E-state index contributed by atoms with van der Waals surface area (Å²) >= 11 is 1.31. The fourth-order valence-corrected chi connectivity index (χ4v) is 1.84. The van der Waals surface area contributed by atoms with Gasteiger partial charge in [-0.1, -0.05) is 11.3 Å². The molecule has 0 bridgehead atoms. The van der Waals surface area contributed by atoms with Gasteiger partial charge in [0.25, 0.3) is 0 Å². The van der Waals surface area contributed by atoms with E-state index in [2.05, 4.69) is 15.5 Å². The predicted molar refractivity (Wildman–Crippen MR) is 63.0 cm³/mol. The lowest BCUT2D eigenvalue weighted by Gasteiger charge is -2.05. The Labute approximate surface area is 101 Å². The van der Waals surface area contributed by atoms with Crippen molar-refractivity contribution in [1.82, 2.24) is 10.2 Å². The molecular weight excluding hydrogens is 242 g/mol. The number of benzene rings is 1. The van der Waals surface area contributed by atoms with Crippen LogP contribution in [0.3, 0.4) is 0 Å². The lowest BCUT2D eigenvalue weighted by atomic mass is 10.2. The number of hydrogen-bond acceptors (Lipinski definition) is 6. The van der Waals surface area contributed by atoms with Crippen molar-refractivity contribution in [2.75, 3.05) is 5.32 Å². The summed E-state index contributed by atoms with van der Waals surface area (Å²) in [6, 6.07) is 3.99. The van der Waals surface area contributed by atoms with Crippen molar-refractivity contribution in [3.05, 3.63) is 28.8 Å². The first-order valence-electron chi connectivity index (χ1n) is 4.69.